The molecule has 0 saturated carbocycles. The first-order valence-corrected chi connectivity index (χ1v) is 5.43. The van der Waals surface area contributed by atoms with E-state index in [0.29, 0.717) is 12.4 Å². The zero-order chi connectivity index (χ0) is 13.5. The number of hydrogen-bond donors (Lipinski definition) is 3. The Morgan fingerprint density at radius 1 is 1.33 bits per heavy atom. The molecule has 0 aliphatic heterocycles. The van der Waals surface area contributed by atoms with Crippen LogP contribution in [0.15, 0.2) is 18.3 Å². The monoisotopic (exact) mass is 251 g/mol. The van der Waals surface area contributed by atoms with Gasteiger partial charge in [-0.2, -0.15) is 0 Å². The summed E-state index contributed by atoms with van der Waals surface area (Å²) < 4.78 is 0. The zero-order valence-electron chi connectivity index (χ0n) is 10.2. The number of aromatic nitrogens is 1. The highest BCUT2D eigenvalue weighted by Gasteiger charge is 2.13. The smallest absolute Gasteiger partial charge is 0.231 e. The Balaban J connectivity index is 2.81. The molecule has 1 rings (SSSR count). The molecule has 18 heavy (non-hydrogen) atoms. The molecule has 0 aromatic carbocycles. The summed E-state index contributed by atoms with van der Waals surface area (Å²) in [6.45, 7) is 0.317. The summed E-state index contributed by atoms with van der Waals surface area (Å²) in [5.74, 6) is -0.325. The Kier molecular flexibility index (Phi) is 5.06. The third-order valence-electron chi connectivity index (χ3n) is 2.28. The molecule has 1 aromatic rings. The molecule has 5 N–H and O–H groups in total. The second-order valence-corrected chi connectivity index (χ2v) is 3.84. The van der Waals surface area contributed by atoms with Crippen LogP contribution in [0.2, 0.25) is 0 Å². The van der Waals surface area contributed by atoms with Crippen LogP contribution in [0.1, 0.15) is 5.56 Å². The lowest BCUT2D eigenvalue weighted by molar-refractivity contribution is -0.122. The van der Waals surface area contributed by atoms with Crippen molar-refractivity contribution in [3.05, 3.63) is 23.9 Å². The highest BCUT2D eigenvalue weighted by atomic mass is 16.2. The van der Waals surface area contributed by atoms with E-state index >= 15 is 0 Å². The molecular weight excluding hydrogens is 234 g/mol. The highest BCUT2D eigenvalue weighted by molar-refractivity contribution is 5.79. The van der Waals surface area contributed by atoms with E-state index in [9.17, 15) is 9.59 Å². The van der Waals surface area contributed by atoms with Crippen molar-refractivity contribution in [2.24, 2.45) is 11.5 Å². The number of pyridine rings is 1. The molecule has 0 spiro atoms. The molecular formula is C11H17N5O2. The number of rotatable bonds is 7. The van der Waals surface area contributed by atoms with E-state index in [2.05, 4.69) is 10.3 Å². The predicted octanol–water partition coefficient (Wildman–Crippen LogP) is -1.10. The van der Waals surface area contributed by atoms with Crippen molar-refractivity contribution in [3.63, 3.8) is 0 Å². The number of nitrogens with zero attached hydrogens (tertiary/aromatic N) is 2. The second-order valence-electron chi connectivity index (χ2n) is 3.84. The number of carbonyl (C=O) groups is 2. The van der Waals surface area contributed by atoms with Gasteiger partial charge in [0.25, 0.3) is 0 Å². The summed E-state index contributed by atoms with van der Waals surface area (Å²) >= 11 is 0. The molecule has 1 heterocycles. The fourth-order valence-electron chi connectivity index (χ4n) is 1.64. The lowest BCUT2D eigenvalue weighted by Gasteiger charge is -2.20. The first-order valence-electron chi connectivity index (χ1n) is 5.43. The van der Waals surface area contributed by atoms with Crippen molar-refractivity contribution in [1.82, 2.24) is 9.88 Å². The predicted molar refractivity (Wildman–Crippen MR) is 67.4 cm³/mol. The maximum atomic E-state index is 10.9. The van der Waals surface area contributed by atoms with Gasteiger partial charge in [0.05, 0.1) is 13.1 Å². The number of primary amides is 2. The van der Waals surface area contributed by atoms with Crippen LogP contribution in [0.3, 0.4) is 0 Å². The number of anilines is 1. The van der Waals surface area contributed by atoms with Gasteiger partial charge in [0.15, 0.2) is 0 Å². The minimum absolute atomic E-state index is 0.0268. The van der Waals surface area contributed by atoms with Crippen LogP contribution < -0.4 is 16.8 Å². The molecule has 0 atom stereocenters. The Labute approximate surface area is 105 Å². The summed E-state index contributed by atoms with van der Waals surface area (Å²) in [4.78, 5) is 27.6. The van der Waals surface area contributed by atoms with Gasteiger partial charge in [0, 0.05) is 25.4 Å². The minimum Gasteiger partial charge on any atom is -0.373 e. The van der Waals surface area contributed by atoms with Gasteiger partial charge < -0.3 is 16.8 Å². The van der Waals surface area contributed by atoms with Gasteiger partial charge in [-0.3, -0.25) is 14.5 Å². The Morgan fingerprint density at radius 2 is 1.94 bits per heavy atom. The summed E-state index contributed by atoms with van der Waals surface area (Å²) in [6.07, 6.45) is 1.65. The fraction of sp³-hybridized carbons (Fsp3) is 0.364. The molecule has 98 valence electrons. The van der Waals surface area contributed by atoms with E-state index in [1.165, 1.54) is 0 Å². The molecule has 0 unspecified atom stereocenters. The number of amides is 2. The van der Waals surface area contributed by atoms with E-state index in [0.717, 1.165) is 5.56 Å². The first-order chi connectivity index (χ1) is 8.52. The summed E-state index contributed by atoms with van der Waals surface area (Å²) in [6, 6.07) is 3.64. The molecule has 0 aliphatic carbocycles. The van der Waals surface area contributed by atoms with Crippen molar-refractivity contribution in [2.45, 2.75) is 6.54 Å². The molecule has 0 saturated heterocycles. The largest absolute Gasteiger partial charge is 0.373 e. The van der Waals surface area contributed by atoms with Crippen LogP contribution in [0.5, 0.6) is 0 Å². The van der Waals surface area contributed by atoms with Crippen LogP contribution in [-0.4, -0.2) is 41.8 Å². The second kappa shape index (κ2) is 6.55. The van der Waals surface area contributed by atoms with E-state index < -0.39 is 11.8 Å². The lowest BCUT2D eigenvalue weighted by Crippen LogP contribution is -2.39. The van der Waals surface area contributed by atoms with Gasteiger partial charge in [0.2, 0.25) is 11.8 Å². The third-order valence-corrected chi connectivity index (χ3v) is 2.28. The van der Waals surface area contributed by atoms with E-state index in [1.807, 2.05) is 6.07 Å². The fourth-order valence-corrected chi connectivity index (χ4v) is 1.64. The van der Waals surface area contributed by atoms with Crippen LogP contribution in [-0.2, 0) is 16.1 Å². The summed E-state index contributed by atoms with van der Waals surface area (Å²) in [7, 11) is 1.75. The minimum atomic E-state index is -0.508. The quantitative estimate of drug-likeness (QED) is 0.569. The number of hydrogen-bond acceptors (Lipinski definition) is 5. The van der Waals surface area contributed by atoms with Crippen molar-refractivity contribution in [1.29, 1.82) is 0 Å². The average molecular weight is 251 g/mol. The molecule has 7 heteroatoms. The van der Waals surface area contributed by atoms with Crippen LogP contribution in [0, 0.1) is 0 Å². The number of nitrogens with one attached hydrogen (secondary N) is 1. The topological polar surface area (TPSA) is 114 Å². The van der Waals surface area contributed by atoms with E-state index in [1.54, 1.807) is 24.2 Å². The average Bonchev–Trinajstić information content (AvgIpc) is 2.27. The van der Waals surface area contributed by atoms with Crippen molar-refractivity contribution in [3.8, 4) is 0 Å². The van der Waals surface area contributed by atoms with E-state index in [-0.39, 0.29) is 13.1 Å². The molecule has 1 aromatic heterocycles. The van der Waals surface area contributed by atoms with Gasteiger partial charge in [-0.1, -0.05) is 6.07 Å². The molecule has 7 nitrogen and oxygen atoms in total. The standard InChI is InChI=1S/C11H17N5O2/c1-14-11-8(3-2-4-15-11)5-16(6-9(12)17)7-10(13)18/h2-4H,5-7H2,1H3,(H2,12,17)(H2,13,18)(H,14,15). The van der Waals surface area contributed by atoms with Gasteiger partial charge >= 0.3 is 0 Å². The van der Waals surface area contributed by atoms with Gasteiger partial charge in [-0.15, -0.1) is 0 Å². The number of nitrogens with two attached hydrogens (primary N) is 2. The maximum Gasteiger partial charge on any atom is 0.231 e. The van der Waals surface area contributed by atoms with Gasteiger partial charge in [0.1, 0.15) is 5.82 Å². The highest BCUT2D eigenvalue weighted by Crippen LogP contribution is 2.13. The van der Waals surface area contributed by atoms with Gasteiger partial charge in [-0.05, 0) is 6.07 Å². The zero-order valence-corrected chi connectivity index (χ0v) is 10.2. The molecule has 0 aliphatic rings. The van der Waals surface area contributed by atoms with Crippen LogP contribution in [0.4, 0.5) is 5.82 Å². The number of carbonyl (C=O) groups excluding carboxylic acids is 2. The Morgan fingerprint density at radius 3 is 2.44 bits per heavy atom. The summed E-state index contributed by atoms with van der Waals surface area (Å²) in [5, 5.41) is 2.94. The molecule has 2 amide bonds. The van der Waals surface area contributed by atoms with Crippen LogP contribution >= 0.6 is 0 Å². The Hall–Kier alpha value is -2.15. The van der Waals surface area contributed by atoms with Crippen molar-refractivity contribution >= 4 is 17.6 Å². The molecule has 0 bridgehead atoms. The van der Waals surface area contributed by atoms with Gasteiger partial charge in [-0.25, -0.2) is 4.98 Å². The summed E-state index contributed by atoms with van der Waals surface area (Å²) in [5.41, 5.74) is 11.1. The SMILES string of the molecule is CNc1ncccc1CN(CC(N)=O)CC(N)=O. The third kappa shape index (κ3) is 4.38. The molecule has 0 fully saturated rings. The van der Waals surface area contributed by atoms with Crippen LogP contribution in [0.25, 0.3) is 0 Å². The molecule has 0 radical (unpaired) electrons. The Bertz CT molecular complexity index is 419. The first kappa shape index (κ1) is 13.9. The normalized spacial score (nSPS) is 10.3. The van der Waals surface area contributed by atoms with E-state index in [4.69, 9.17) is 11.5 Å². The maximum absolute atomic E-state index is 10.9. The van der Waals surface area contributed by atoms with Crippen molar-refractivity contribution < 1.29 is 9.59 Å². The van der Waals surface area contributed by atoms with Crippen molar-refractivity contribution in [2.75, 3.05) is 25.5 Å². The lowest BCUT2D eigenvalue weighted by atomic mass is 10.2.